The second-order valence-electron chi connectivity index (χ2n) is 4.96. The lowest BCUT2D eigenvalue weighted by Gasteiger charge is -2.12. The molecular formula is C15H18N2O3S2. The Balaban J connectivity index is 2.25. The number of ketones is 1. The van der Waals surface area contributed by atoms with Crippen molar-refractivity contribution in [1.82, 2.24) is 9.71 Å². The highest BCUT2D eigenvalue weighted by atomic mass is 32.2. The zero-order chi connectivity index (χ0) is 16.3. The molecular weight excluding hydrogens is 320 g/mol. The molecule has 0 aliphatic carbocycles. The molecule has 1 heterocycles. The second kappa shape index (κ2) is 6.68. The van der Waals surface area contributed by atoms with E-state index in [9.17, 15) is 13.2 Å². The number of aromatic nitrogens is 1. The first kappa shape index (κ1) is 16.8. The van der Waals surface area contributed by atoms with Gasteiger partial charge in [0.05, 0.1) is 10.9 Å². The minimum Gasteiger partial charge on any atom is -0.294 e. The number of aryl methyl sites for hydroxylation is 1. The van der Waals surface area contributed by atoms with E-state index < -0.39 is 16.1 Å². The third-order valence-corrected chi connectivity index (χ3v) is 5.76. The fraction of sp³-hybridized carbons (Fsp3) is 0.333. The summed E-state index contributed by atoms with van der Waals surface area (Å²) < 4.78 is 27.5. The van der Waals surface area contributed by atoms with Crippen LogP contribution in [-0.2, 0) is 10.0 Å². The first-order valence-corrected chi connectivity index (χ1v) is 9.21. The van der Waals surface area contributed by atoms with E-state index in [1.165, 1.54) is 23.5 Å². The maximum atomic E-state index is 12.4. The average Bonchev–Trinajstić information content (AvgIpc) is 2.93. The number of thiazole rings is 1. The van der Waals surface area contributed by atoms with Crippen LogP contribution in [-0.4, -0.2) is 19.2 Å². The molecule has 0 aliphatic rings. The molecule has 0 saturated heterocycles. The number of Topliss-reactive ketones (excluding diaryl/α,β-unsaturated/α-hetero) is 1. The summed E-state index contributed by atoms with van der Waals surface area (Å²) in [5.74, 6) is -0.0827. The van der Waals surface area contributed by atoms with E-state index in [-0.39, 0.29) is 10.7 Å². The molecule has 0 aliphatic heterocycles. The van der Waals surface area contributed by atoms with Crippen LogP contribution in [0, 0.1) is 6.92 Å². The fourth-order valence-electron chi connectivity index (χ4n) is 1.96. The van der Waals surface area contributed by atoms with Gasteiger partial charge >= 0.3 is 0 Å². The fourth-order valence-corrected chi connectivity index (χ4v) is 4.07. The van der Waals surface area contributed by atoms with E-state index in [0.717, 1.165) is 4.88 Å². The Hall–Kier alpha value is -1.57. The van der Waals surface area contributed by atoms with Gasteiger partial charge in [0.15, 0.2) is 5.78 Å². The van der Waals surface area contributed by atoms with Gasteiger partial charge in [0.2, 0.25) is 10.0 Å². The van der Waals surface area contributed by atoms with E-state index >= 15 is 0 Å². The highest BCUT2D eigenvalue weighted by molar-refractivity contribution is 7.89. The van der Waals surface area contributed by atoms with Crippen molar-refractivity contribution in [2.45, 2.75) is 38.1 Å². The van der Waals surface area contributed by atoms with Gasteiger partial charge in [-0.05, 0) is 26.0 Å². The maximum absolute atomic E-state index is 12.4. The highest BCUT2D eigenvalue weighted by Crippen LogP contribution is 2.22. The van der Waals surface area contributed by atoms with E-state index in [4.69, 9.17) is 0 Å². The van der Waals surface area contributed by atoms with Crippen molar-refractivity contribution < 1.29 is 13.2 Å². The van der Waals surface area contributed by atoms with Gasteiger partial charge in [0.1, 0.15) is 5.01 Å². The number of sulfonamides is 1. The summed E-state index contributed by atoms with van der Waals surface area (Å²) in [4.78, 5) is 17.0. The predicted molar refractivity (Wildman–Crippen MR) is 86.7 cm³/mol. The summed E-state index contributed by atoms with van der Waals surface area (Å²) in [6.07, 6.45) is 2.05. The Labute approximate surface area is 134 Å². The third-order valence-electron chi connectivity index (χ3n) is 3.13. The first-order valence-electron chi connectivity index (χ1n) is 6.91. The largest absolute Gasteiger partial charge is 0.294 e. The zero-order valence-corrected chi connectivity index (χ0v) is 14.3. The van der Waals surface area contributed by atoms with Gasteiger partial charge in [0.25, 0.3) is 0 Å². The molecule has 5 nitrogen and oxygen atoms in total. The van der Waals surface area contributed by atoms with Gasteiger partial charge in [-0.3, -0.25) is 4.79 Å². The summed E-state index contributed by atoms with van der Waals surface area (Å²) in [7, 11) is -3.70. The number of nitrogens with one attached hydrogen (secondary N) is 1. The number of hydrogen-bond acceptors (Lipinski definition) is 5. The predicted octanol–water partition coefficient (Wildman–Crippen LogP) is 3.08. The minimum absolute atomic E-state index is 0.0827. The molecule has 2 aromatic rings. The van der Waals surface area contributed by atoms with E-state index in [1.54, 1.807) is 32.2 Å². The van der Waals surface area contributed by atoms with Gasteiger partial charge < -0.3 is 0 Å². The Bertz CT molecular complexity index is 782. The zero-order valence-electron chi connectivity index (χ0n) is 12.7. The van der Waals surface area contributed by atoms with Crippen LogP contribution in [0.15, 0.2) is 35.4 Å². The molecule has 118 valence electrons. The standard InChI is InChI=1S/C15H18N2O3S2/c1-4-14(18)12-6-5-7-13(8-12)22(19,20)17-11(3)15-16-9-10(2)21-15/h5-9,11,17H,4H2,1-3H3. The molecule has 2 rings (SSSR count). The van der Waals surface area contributed by atoms with Crippen LogP contribution < -0.4 is 4.72 Å². The van der Waals surface area contributed by atoms with Gasteiger partial charge in [-0.15, -0.1) is 11.3 Å². The lowest BCUT2D eigenvalue weighted by molar-refractivity contribution is 0.0988. The quantitative estimate of drug-likeness (QED) is 0.821. The Morgan fingerprint density at radius 1 is 1.41 bits per heavy atom. The number of benzene rings is 1. The number of nitrogens with zero attached hydrogens (tertiary/aromatic N) is 1. The molecule has 0 bridgehead atoms. The summed E-state index contributed by atoms with van der Waals surface area (Å²) >= 11 is 1.45. The Morgan fingerprint density at radius 3 is 2.73 bits per heavy atom. The van der Waals surface area contributed by atoms with Crippen LogP contribution in [0.5, 0.6) is 0 Å². The molecule has 1 atom stereocenters. The van der Waals surface area contributed by atoms with Crippen molar-refractivity contribution in [1.29, 1.82) is 0 Å². The average molecular weight is 338 g/mol. The monoisotopic (exact) mass is 338 g/mol. The SMILES string of the molecule is CCC(=O)c1cccc(S(=O)(=O)NC(C)c2ncc(C)s2)c1. The number of carbonyl (C=O) groups excluding carboxylic acids is 1. The maximum Gasteiger partial charge on any atom is 0.241 e. The van der Waals surface area contributed by atoms with Crippen molar-refractivity contribution in [3.05, 3.63) is 45.9 Å². The molecule has 1 aromatic carbocycles. The van der Waals surface area contributed by atoms with Gasteiger partial charge in [-0.1, -0.05) is 19.1 Å². The van der Waals surface area contributed by atoms with Crippen LogP contribution in [0.4, 0.5) is 0 Å². The van der Waals surface area contributed by atoms with E-state index in [1.807, 2.05) is 6.92 Å². The van der Waals surface area contributed by atoms with Crippen molar-refractivity contribution in [2.75, 3.05) is 0 Å². The minimum atomic E-state index is -3.70. The summed E-state index contributed by atoms with van der Waals surface area (Å²) in [6, 6.07) is 5.67. The van der Waals surface area contributed by atoms with Crippen LogP contribution in [0.25, 0.3) is 0 Å². The lowest BCUT2D eigenvalue weighted by atomic mass is 10.1. The van der Waals surface area contributed by atoms with E-state index in [0.29, 0.717) is 17.0 Å². The van der Waals surface area contributed by atoms with Crippen molar-refractivity contribution in [2.24, 2.45) is 0 Å². The van der Waals surface area contributed by atoms with Crippen LogP contribution in [0.2, 0.25) is 0 Å². The highest BCUT2D eigenvalue weighted by Gasteiger charge is 2.21. The molecule has 0 fully saturated rings. The topological polar surface area (TPSA) is 76.1 Å². The molecule has 0 spiro atoms. The summed E-state index contributed by atoms with van der Waals surface area (Å²) in [5, 5.41) is 0.710. The molecule has 1 N–H and O–H groups in total. The smallest absolute Gasteiger partial charge is 0.241 e. The number of rotatable bonds is 6. The normalized spacial score (nSPS) is 13.0. The molecule has 22 heavy (non-hydrogen) atoms. The molecule has 0 amide bonds. The van der Waals surface area contributed by atoms with Gasteiger partial charge in [-0.2, -0.15) is 0 Å². The van der Waals surface area contributed by atoms with E-state index in [2.05, 4.69) is 9.71 Å². The lowest BCUT2D eigenvalue weighted by Crippen LogP contribution is -2.27. The second-order valence-corrected chi connectivity index (χ2v) is 7.94. The Morgan fingerprint density at radius 2 is 2.14 bits per heavy atom. The third kappa shape index (κ3) is 3.79. The Kier molecular flexibility index (Phi) is 5.10. The molecule has 1 unspecified atom stereocenters. The molecule has 0 saturated carbocycles. The molecule has 7 heteroatoms. The summed E-state index contributed by atoms with van der Waals surface area (Å²) in [5.41, 5.74) is 0.406. The van der Waals surface area contributed by atoms with Crippen LogP contribution >= 0.6 is 11.3 Å². The first-order chi connectivity index (χ1) is 10.3. The van der Waals surface area contributed by atoms with Crippen molar-refractivity contribution in [3.8, 4) is 0 Å². The molecule has 0 radical (unpaired) electrons. The van der Waals surface area contributed by atoms with Crippen LogP contribution in [0.1, 0.15) is 46.6 Å². The van der Waals surface area contributed by atoms with Crippen molar-refractivity contribution >= 4 is 27.1 Å². The van der Waals surface area contributed by atoms with Gasteiger partial charge in [-0.25, -0.2) is 18.1 Å². The summed E-state index contributed by atoms with van der Waals surface area (Å²) in [6.45, 7) is 5.41. The number of carbonyl (C=O) groups is 1. The molecule has 1 aromatic heterocycles. The van der Waals surface area contributed by atoms with Gasteiger partial charge in [0, 0.05) is 23.1 Å². The number of hydrogen-bond donors (Lipinski definition) is 1. The van der Waals surface area contributed by atoms with Crippen LogP contribution in [0.3, 0.4) is 0 Å². The van der Waals surface area contributed by atoms with Crippen molar-refractivity contribution in [3.63, 3.8) is 0 Å².